The summed E-state index contributed by atoms with van der Waals surface area (Å²) in [6, 6.07) is 8.74. The first-order valence-corrected chi connectivity index (χ1v) is 9.76. The van der Waals surface area contributed by atoms with Crippen LogP contribution < -0.4 is 14.4 Å². The first kappa shape index (κ1) is 19.5. The SMILES string of the molecule is O=S(=O)(NCc1cccnc1N1CCOCC1)c1ccccc1OC(F)F. The summed E-state index contributed by atoms with van der Waals surface area (Å²) in [7, 11) is -4.06. The van der Waals surface area contributed by atoms with Crippen LogP contribution in [0.1, 0.15) is 5.56 Å². The highest BCUT2D eigenvalue weighted by Gasteiger charge is 2.22. The summed E-state index contributed by atoms with van der Waals surface area (Å²) in [5.41, 5.74) is 0.676. The predicted molar refractivity (Wildman–Crippen MR) is 94.4 cm³/mol. The van der Waals surface area contributed by atoms with Gasteiger partial charge in [0.25, 0.3) is 0 Å². The largest absolute Gasteiger partial charge is 0.433 e. The number of alkyl halides is 2. The number of halogens is 2. The summed E-state index contributed by atoms with van der Waals surface area (Å²) in [4.78, 5) is 6.01. The molecule has 1 aliphatic rings. The maximum Gasteiger partial charge on any atom is 0.387 e. The standard InChI is InChI=1S/C17H19F2N3O4S/c18-17(19)26-14-5-1-2-6-15(14)27(23,24)21-12-13-4-3-7-20-16(13)22-8-10-25-11-9-22/h1-7,17,21H,8-12H2. The van der Waals surface area contributed by atoms with Gasteiger partial charge in [0.15, 0.2) is 0 Å². The molecule has 10 heteroatoms. The number of morpholine rings is 1. The van der Waals surface area contributed by atoms with Crippen molar-refractivity contribution in [1.82, 2.24) is 9.71 Å². The van der Waals surface area contributed by atoms with Crippen LogP contribution >= 0.6 is 0 Å². The molecular formula is C17H19F2N3O4S. The van der Waals surface area contributed by atoms with Crippen molar-refractivity contribution in [3.8, 4) is 5.75 Å². The second-order valence-corrected chi connectivity index (χ2v) is 7.47. The van der Waals surface area contributed by atoms with Crippen molar-refractivity contribution in [2.24, 2.45) is 0 Å². The van der Waals surface area contributed by atoms with E-state index >= 15 is 0 Å². The summed E-state index contributed by atoms with van der Waals surface area (Å²) in [6.45, 7) is -0.706. The number of hydrogen-bond donors (Lipinski definition) is 1. The molecule has 0 spiro atoms. The third-order valence-corrected chi connectivity index (χ3v) is 5.43. The minimum atomic E-state index is -4.06. The predicted octanol–water partition coefficient (Wildman–Crippen LogP) is 2.00. The van der Waals surface area contributed by atoms with Crippen molar-refractivity contribution >= 4 is 15.8 Å². The molecule has 7 nitrogen and oxygen atoms in total. The highest BCUT2D eigenvalue weighted by molar-refractivity contribution is 7.89. The number of ether oxygens (including phenoxy) is 2. The van der Waals surface area contributed by atoms with E-state index in [2.05, 4.69) is 14.4 Å². The molecule has 1 aliphatic heterocycles. The Morgan fingerprint density at radius 3 is 2.67 bits per heavy atom. The second kappa shape index (κ2) is 8.59. The molecule has 1 aromatic carbocycles. The molecule has 0 unspecified atom stereocenters. The van der Waals surface area contributed by atoms with E-state index in [1.807, 2.05) is 4.90 Å². The van der Waals surface area contributed by atoms with Gasteiger partial charge in [0.05, 0.1) is 13.2 Å². The van der Waals surface area contributed by atoms with Gasteiger partial charge in [-0.3, -0.25) is 0 Å². The number of hydrogen-bond acceptors (Lipinski definition) is 6. The van der Waals surface area contributed by atoms with Crippen LogP contribution in [0.3, 0.4) is 0 Å². The number of benzene rings is 1. The minimum absolute atomic E-state index is 0.0358. The van der Waals surface area contributed by atoms with E-state index in [0.717, 1.165) is 0 Å². The lowest BCUT2D eigenvalue weighted by Gasteiger charge is -2.29. The van der Waals surface area contributed by atoms with Gasteiger partial charge in [0, 0.05) is 31.4 Å². The van der Waals surface area contributed by atoms with Crippen LogP contribution in [0.5, 0.6) is 5.75 Å². The number of rotatable bonds is 7. The lowest BCUT2D eigenvalue weighted by molar-refractivity contribution is -0.0517. The van der Waals surface area contributed by atoms with E-state index in [-0.39, 0.29) is 11.4 Å². The molecule has 1 aromatic heterocycles. The maximum atomic E-state index is 12.6. The highest BCUT2D eigenvalue weighted by Crippen LogP contribution is 2.25. The number of sulfonamides is 1. The first-order chi connectivity index (χ1) is 13.0. The average molecular weight is 399 g/mol. The molecule has 27 heavy (non-hydrogen) atoms. The minimum Gasteiger partial charge on any atom is -0.433 e. The van der Waals surface area contributed by atoms with E-state index in [9.17, 15) is 17.2 Å². The first-order valence-electron chi connectivity index (χ1n) is 8.27. The fourth-order valence-corrected chi connectivity index (χ4v) is 3.88. The van der Waals surface area contributed by atoms with Crippen LogP contribution in [0.15, 0.2) is 47.5 Å². The van der Waals surface area contributed by atoms with Crippen LogP contribution in [-0.4, -0.2) is 46.3 Å². The zero-order chi connectivity index (χ0) is 19.3. The monoisotopic (exact) mass is 399 g/mol. The molecule has 0 amide bonds. The Morgan fingerprint density at radius 1 is 1.19 bits per heavy atom. The fraction of sp³-hybridized carbons (Fsp3) is 0.353. The maximum absolute atomic E-state index is 12.6. The van der Waals surface area contributed by atoms with Crippen LogP contribution in [0.25, 0.3) is 0 Å². The number of anilines is 1. The summed E-state index contributed by atoms with van der Waals surface area (Å²) in [5, 5.41) is 0. The molecule has 1 N–H and O–H groups in total. The molecule has 1 fully saturated rings. The normalized spacial score (nSPS) is 15.1. The Labute approximate surface area is 156 Å². The molecule has 0 atom stereocenters. The fourth-order valence-electron chi connectivity index (χ4n) is 2.74. The van der Waals surface area contributed by atoms with Crippen LogP contribution in [-0.2, 0) is 21.3 Å². The number of nitrogens with one attached hydrogen (secondary N) is 1. The summed E-state index contributed by atoms with van der Waals surface area (Å²) < 4.78 is 62.4. The second-order valence-electron chi connectivity index (χ2n) is 5.74. The number of nitrogens with zero attached hydrogens (tertiary/aromatic N) is 2. The molecule has 146 valence electrons. The smallest absolute Gasteiger partial charge is 0.387 e. The molecule has 1 saturated heterocycles. The molecule has 3 rings (SSSR count). The van der Waals surface area contributed by atoms with Gasteiger partial charge in [-0.2, -0.15) is 8.78 Å². The van der Waals surface area contributed by atoms with Gasteiger partial charge in [0.2, 0.25) is 10.0 Å². The van der Waals surface area contributed by atoms with Gasteiger partial charge in [-0.25, -0.2) is 18.1 Å². The lowest BCUT2D eigenvalue weighted by Crippen LogP contribution is -2.37. The molecule has 0 aliphatic carbocycles. The zero-order valence-electron chi connectivity index (χ0n) is 14.3. The van der Waals surface area contributed by atoms with Crippen molar-refractivity contribution in [2.45, 2.75) is 18.1 Å². The van der Waals surface area contributed by atoms with Crippen molar-refractivity contribution in [3.63, 3.8) is 0 Å². The highest BCUT2D eigenvalue weighted by atomic mass is 32.2. The summed E-state index contributed by atoms with van der Waals surface area (Å²) in [5.74, 6) is 0.264. The van der Waals surface area contributed by atoms with E-state index in [0.29, 0.717) is 37.7 Å². The van der Waals surface area contributed by atoms with Crippen LogP contribution in [0.4, 0.5) is 14.6 Å². The third kappa shape index (κ3) is 4.90. The van der Waals surface area contributed by atoms with E-state index in [4.69, 9.17) is 4.74 Å². The molecule has 2 aromatic rings. The van der Waals surface area contributed by atoms with Crippen molar-refractivity contribution < 1.29 is 26.7 Å². The van der Waals surface area contributed by atoms with Crippen LogP contribution in [0.2, 0.25) is 0 Å². The molecule has 0 saturated carbocycles. The quantitative estimate of drug-likeness (QED) is 0.767. The number of para-hydroxylation sites is 1. The van der Waals surface area contributed by atoms with Gasteiger partial charge in [-0.05, 0) is 18.2 Å². The average Bonchev–Trinajstić information content (AvgIpc) is 2.67. The van der Waals surface area contributed by atoms with Gasteiger partial charge in [-0.15, -0.1) is 0 Å². The Bertz CT molecular complexity index is 874. The van der Waals surface area contributed by atoms with E-state index in [1.54, 1.807) is 18.3 Å². The Kier molecular flexibility index (Phi) is 6.19. The van der Waals surface area contributed by atoms with E-state index < -0.39 is 22.4 Å². The molecule has 0 bridgehead atoms. The summed E-state index contributed by atoms with van der Waals surface area (Å²) in [6.07, 6.45) is 1.63. The zero-order valence-corrected chi connectivity index (χ0v) is 15.2. The Hall–Kier alpha value is -2.30. The van der Waals surface area contributed by atoms with Gasteiger partial charge >= 0.3 is 6.61 Å². The third-order valence-electron chi connectivity index (χ3n) is 3.99. The van der Waals surface area contributed by atoms with Gasteiger partial charge in [0.1, 0.15) is 16.5 Å². The van der Waals surface area contributed by atoms with Crippen molar-refractivity contribution in [2.75, 3.05) is 31.2 Å². The molecule has 2 heterocycles. The summed E-state index contributed by atoms with van der Waals surface area (Å²) >= 11 is 0. The number of pyridine rings is 1. The Balaban J connectivity index is 1.79. The van der Waals surface area contributed by atoms with Gasteiger partial charge in [-0.1, -0.05) is 18.2 Å². The van der Waals surface area contributed by atoms with Crippen molar-refractivity contribution in [3.05, 3.63) is 48.2 Å². The molecular weight excluding hydrogens is 380 g/mol. The van der Waals surface area contributed by atoms with E-state index in [1.165, 1.54) is 24.3 Å². The van der Waals surface area contributed by atoms with Crippen LogP contribution in [0, 0.1) is 0 Å². The number of aromatic nitrogens is 1. The molecule has 0 radical (unpaired) electrons. The Morgan fingerprint density at radius 2 is 1.93 bits per heavy atom. The van der Waals surface area contributed by atoms with Gasteiger partial charge < -0.3 is 14.4 Å². The van der Waals surface area contributed by atoms with Crippen molar-refractivity contribution in [1.29, 1.82) is 0 Å². The lowest BCUT2D eigenvalue weighted by atomic mass is 10.2. The topological polar surface area (TPSA) is 80.8 Å².